The van der Waals surface area contributed by atoms with Crippen LogP contribution in [0.3, 0.4) is 0 Å². The van der Waals surface area contributed by atoms with Crippen LogP contribution in [0, 0.1) is 5.92 Å². The third-order valence-corrected chi connectivity index (χ3v) is 6.44. The summed E-state index contributed by atoms with van der Waals surface area (Å²) < 4.78 is 0. The number of likely N-dealkylation sites (tertiary alicyclic amines) is 1. The fourth-order valence-electron chi connectivity index (χ4n) is 4.69. The Morgan fingerprint density at radius 1 is 0.970 bits per heavy atom. The Hall–Kier alpha value is -3.24. The van der Waals surface area contributed by atoms with Crippen molar-refractivity contribution in [2.24, 2.45) is 5.92 Å². The highest BCUT2D eigenvalue weighted by Gasteiger charge is 2.27. The first-order chi connectivity index (χ1) is 16.3. The minimum atomic E-state index is -0.0396. The van der Waals surface area contributed by atoms with Gasteiger partial charge in [0.15, 0.2) is 0 Å². The predicted octanol–water partition coefficient (Wildman–Crippen LogP) is 5.49. The van der Waals surface area contributed by atoms with Crippen LogP contribution in [0.1, 0.15) is 48.4 Å². The molecule has 170 valence electrons. The number of carbonyl (C=O) groups excluding carboxylic acids is 1. The zero-order valence-corrected chi connectivity index (χ0v) is 19.1. The van der Waals surface area contributed by atoms with Crippen molar-refractivity contribution < 1.29 is 4.79 Å². The van der Waals surface area contributed by atoms with Crippen molar-refractivity contribution in [2.45, 2.75) is 31.7 Å². The normalized spacial score (nSPS) is 15.2. The summed E-state index contributed by atoms with van der Waals surface area (Å²) >= 11 is 0. The number of nitrogens with one attached hydrogen (secondary N) is 1. The molecule has 0 spiro atoms. The second-order valence-electron chi connectivity index (χ2n) is 8.76. The van der Waals surface area contributed by atoms with Crippen molar-refractivity contribution in [1.29, 1.82) is 0 Å². The van der Waals surface area contributed by atoms with Gasteiger partial charge < -0.3 is 5.32 Å². The lowest BCUT2D eigenvalue weighted by atomic mass is 9.89. The highest BCUT2D eigenvalue weighted by atomic mass is 16.1. The van der Waals surface area contributed by atoms with Crippen molar-refractivity contribution in [2.75, 3.05) is 19.6 Å². The van der Waals surface area contributed by atoms with Crippen LogP contribution in [0.5, 0.6) is 0 Å². The van der Waals surface area contributed by atoms with Crippen molar-refractivity contribution in [3.63, 3.8) is 0 Å². The van der Waals surface area contributed by atoms with E-state index in [2.05, 4.69) is 75.9 Å². The molecule has 1 amide bonds. The van der Waals surface area contributed by atoms with Gasteiger partial charge in [0, 0.05) is 25.0 Å². The number of benzene rings is 2. The van der Waals surface area contributed by atoms with Gasteiger partial charge in [-0.1, -0.05) is 66.7 Å². The standard InChI is InChI=1S/C29H33N3O/c33-28(16-15-25-10-7-19-30-23-25)31-20-8-9-24-17-21-32(22-18-24)29(26-11-3-1-4-12-26)27-13-5-2-6-14-27/h1-7,10-16,19,23-24,29H,8-9,17-18,20-22H2,(H,31,33). The van der Waals surface area contributed by atoms with E-state index < -0.39 is 0 Å². The van der Waals surface area contributed by atoms with Gasteiger partial charge in [0.2, 0.25) is 5.91 Å². The highest BCUT2D eigenvalue weighted by molar-refractivity contribution is 5.91. The molecule has 1 aliphatic rings. The van der Waals surface area contributed by atoms with Gasteiger partial charge in [0.05, 0.1) is 6.04 Å². The molecule has 0 saturated carbocycles. The first kappa shape index (κ1) is 22.9. The fraction of sp³-hybridized carbons (Fsp3) is 0.310. The SMILES string of the molecule is O=C(C=Cc1cccnc1)NCCCC1CCN(C(c2ccccc2)c2ccccc2)CC1. The zero-order valence-electron chi connectivity index (χ0n) is 19.1. The van der Waals surface area contributed by atoms with Gasteiger partial charge in [-0.05, 0) is 73.5 Å². The molecule has 33 heavy (non-hydrogen) atoms. The van der Waals surface area contributed by atoms with Gasteiger partial charge in [-0.2, -0.15) is 0 Å². The fourth-order valence-corrected chi connectivity index (χ4v) is 4.69. The number of carbonyl (C=O) groups is 1. The van der Waals surface area contributed by atoms with Crippen LogP contribution in [-0.2, 0) is 4.79 Å². The van der Waals surface area contributed by atoms with E-state index in [4.69, 9.17) is 0 Å². The average Bonchev–Trinajstić information content (AvgIpc) is 2.88. The lowest BCUT2D eigenvalue weighted by molar-refractivity contribution is -0.116. The number of nitrogens with zero attached hydrogens (tertiary/aromatic N) is 2. The van der Waals surface area contributed by atoms with Crippen LogP contribution >= 0.6 is 0 Å². The van der Waals surface area contributed by atoms with Crippen LogP contribution in [0.25, 0.3) is 6.08 Å². The number of rotatable bonds is 9. The molecule has 4 heteroatoms. The summed E-state index contributed by atoms with van der Waals surface area (Å²) in [5, 5.41) is 3.01. The van der Waals surface area contributed by atoms with E-state index in [1.165, 1.54) is 30.4 Å². The van der Waals surface area contributed by atoms with Gasteiger partial charge in [-0.25, -0.2) is 0 Å². The molecule has 1 fully saturated rings. The monoisotopic (exact) mass is 439 g/mol. The predicted molar refractivity (Wildman–Crippen MR) is 135 cm³/mol. The maximum atomic E-state index is 12.0. The smallest absolute Gasteiger partial charge is 0.243 e. The lowest BCUT2D eigenvalue weighted by Crippen LogP contribution is -2.37. The first-order valence-electron chi connectivity index (χ1n) is 12.0. The van der Waals surface area contributed by atoms with Crippen LogP contribution < -0.4 is 5.32 Å². The molecule has 1 N–H and O–H groups in total. The van der Waals surface area contributed by atoms with E-state index in [1.807, 2.05) is 12.1 Å². The highest BCUT2D eigenvalue weighted by Crippen LogP contribution is 2.33. The summed E-state index contributed by atoms with van der Waals surface area (Å²) in [6.07, 6.45) is 11.5. The van der Waals surface area contributed by atoms with Crippen molar-refractivity contribution in [1.82, 2.24) is 15.2 Å². The molecular formula is C29H33N3O. The first-order valence-corrected chi connectivity index (χ1v) is 12.0. The average molecular weight is 440 g/mol. The van der Waals surface area contributed by atoms with Crippen molar-refractivity contribution >= 4 is 12.0 Å². The Morgan fingerprint density at radius 3 is 2.24 bits per heavy atom. The Morgan fingerprint density at radius 2 is 1.64 bits per heavy atom. The number of hydrogen-bond acceptors (Lipinski definition) is 3. The van der Waals surface area contributed by atoms with E-state index in [1.54, 1.807) is 24.5 Å². The Balaban J connectivity index is 1.22. The van der Waals surface area contributed by atoms with Gasteiger partial charge in [0.25, 0.3) is 0 Å². The molecule has 4 rings (SSSR count). The molecule has 1 aromatic heterocycles. The van der Waals surface area contributed by atoms with Gasteiger partial charge in [-0.15, -0.1) is 0 Å². The third kappa shape index (κ3) is 6.87. The van der Waals surface area contributed by atoms with Gasteiger partial charge in [-0.3, -0.25) is 14.7 Å². The Labute approximate surface area is 197 Å². The second-order valence-corrected chi connectivity index (χ2v) is 8.76. The number of piperidine rings is 1. The number of hydrogen-bond donors (Lipinski definition) is 1. The van der Waals surface area contributed by atoms with Crippen LogP contribution in [0.4, 0.5) is 0 Å². The molecule has 2 heterocycles. The van der Waals surface area contributed by atoms with Crippen molar-refractivity contribution in [3.8, 4) is 0 Å². The number of pyridine rings is 1. The van der Waals surface area contributed by atoms with E-state index in [-0.39, 0.29) is 5.91 Å². The quantitative estimate of drug-likeness (QED) is 0.354. The summed E-state index contributed by atoms with van der Waals surface area (Å²) in [5.74, 6) is 0.693. The maximum Gasteiger partial charge on any atom is 0.243 e. The third-order valence-electron chi connectivity index (χ3n) is 6.44. The van der Waals surface area contributed by atoms with Gasteiger partial charge >= 0.3 is 0 Å². The zero-order chi connectivity index (χ0) is 22.7. The van der Waals surface area contributed by atoms with Crippen LogP contribution in [0.15, 0.2) is 91.3 Å². The molecule has 4 nitrogen and oxygen atoms in total. The van der Waals surface area contributed by atoms with E-state index in [0.717, 1.165) is 37.5 Å². The summed E-state index contributed by atoms with van der Waals surface area (Å²) in [4.78, 5) is 18.7. The van der Waals surface area contributed by atoms with E-state index in [0.29, 0.717) is 6.04 Å². The molecule has 0 bridgehead atoms. The molecule has 1 saturated heterocycles. The molecule has 0 aliphatic carbocycles. The van der Waals surface area contributed by atoms with Crippen LogP contribution in [-0.4, -0.2) is 35.4 Å². The van der Waals surface area contributed by atoms with Crippen LogP contribution in [0.2, 0.25) is 0 Å². The minimum Gasteiger partial charge on any atom is -0.353 e. The summed E-state index contributed by atoms with van der Waals surface area (Å²) in [6, 6.07) is 25.8. The summed E-state index contributed by atoms with van der Waals surface area (Å²) in [6.45, 7) is 2.95. The maximum absolute atomic E-state index is 12.0. The molecule has 3 aromatic rings. The Bertz CT molecular complexity index is 957. The second kappa shape index (κ2) is 12.1. The van der Waals surface area contributed by atoms with E-state index in [9.17, 15) is 4.79 Å². The minimum absolute atomic E-state index is 0.0396. The van der Waals surface area contributed by atoms with E-state index >= 15 is 0 Å². The molecule has 2 aromatic carbocycles. The van der Waals surface area contributed by atoms with Gasteiger partial charge in [0.1, 0.15) is 0 Å². The van der Waals surface area contributed by atoms with Crippen molar-refractivity contribution in [3.05, 3.63) is 108 Å². The summed E-state index contributed by atoms with van der Waals surface area (Å²) in [7, 11) is 0. The molecule has 0 atom stereocenters. The number of aromatic nitrogens is 1. The molecule has 0 radical (unpaired) electrons. The molecule has 0 unspecified atom stereocenters. The molecule has 1 aliphatic heterocycles. The lowest BCUT2D eigenvalue weighted by Gasteiger charge is -2.38. The largest absolute Gasteiger partial charge is 0.353 e. The number of amides is 1. The summed E-state index contributed by atoms with van der Waals surface area (Å²) in [5.41, 5.74) is 3.66. The topological polar surface area (TPSA) is 45.2 Å². The Kier molecular flexibility index (Phi) is 8.42. The molecular weight excluding hydrogens is 406 g/mol.